The van der Waals surface area contributed by atoms with Crippen molar-refractivity contribution < 1.29 is 0 Å². The Kier molecular flexibility index (Phi) is 4.42. The van der Waals surface area contributed by atoms with Crippen molar-refractivity contribution in [2.24, 2.45) is 0 Å². The van der Waals surface area contributed by atoms with Gasteiger partial charge in [0.25, 0.3) is 0 Å². The van der Waals surface area contributed by atoms with E-state index in [4.69, 9.17) is 0 Å². The lowest BCUT2D eigenvalue weighted by atomic mass is 9.95. The molecule has 1 aliphatic carbocycles. The van der Waals surface area contributed by atoms with Crippen LogP contribution in [0.4, 0.5) is 0 Å². The SMILES string of the molecule is Sc1ccc2c(c1)Cc1ccc(S)cc1Cc1ccc(S)cc1C2. The van der Waals surface area contributed by atoms with Crippen molar-refractivity contribution in [1.82, 2.24) is 0 Å². The Morgan fingerprint density at radius 1 is 0.417 bits per heavy atom. The maximum absolute atomic E-state index is 4.54. The van der Waals surface area contributed by atoms with Crippen LogP contribution in [-0.4, -0.2) is 0 Å². The minimum Gasteiger partial charge on any atom is -0.143 e. The van der Waals surface area contributed by atoms with Crippen LogP contribution in [0.15, 0.2) is 69.3 Å². The number of rotatable bonds is 0. The summed E-state index contributed by atoms with van der Waals surface area (Å²) < 4.78 is 0. The lowest BCUT2D eigenvalue weighted by molar-refractivity contribution is 1.07. The summed E-state index contributed by atoms with van der Waals surface area (Å²) in [5, 5.41) is 0. The minimum atomic E-state index is 0.939. The minimum absolute atomic E-state index is 0.939. The first-order chi connectivity index (χ1) is 11.6. The molecule has 0 amide bonds. The predicted octanol–water partition coefficient (Wildman–Crippen LogP) is 5.64. The van der Waals surface area contributed by atoms with Crippen LogP contribution in [0.25, 0.3) is 0 Å². The van der Waals surface area contributed by atoms with Gasteiger partial charge in [0.05, 0.1) is 0 Å². The normalized spacial score (nSPS) is 13.1. The second-order valence-corrected chi connectivity index (χ2v) is 7.94. The lowest BCUT2D eigenvalue weighted by Gasteiger charge is -2.11. The molecule has 4 rings (SSSR count). The molecule has 0 nitrogen and oxygen atoms in total. The van der Waals surface area contributed by atoms with E-state index in [1.165, 1.54) is 33.4 Å². The molecule has 0 radical (unpaired) electrons. The lowest BCUT2D eigenvalue weighted by Crippen LogP contribution is -1.98. The van der Waals surface area contributed by atoms with E-state index in [0.717, 1.165) is 33.9 Å². The molecule has 0 bridgehead atoms. The zero-order chi connectivity index (χ0) is 16.7. The van der Waals surface area contributed by atoms with Crippen LogP contribution in [0.2, 0.25) is 0 Å². The van der Waals surface area contributed by atoms with Crippen LogP contribution < -0.4 is 0 Å². The first-order valence-corrected chi connectivity index (χ1v) is 9.35. The molecule has 0 spiro atoms. The van der Waals surface area contributed by atoms with Crippen molar-refractivity contribution in [3.05, 3.63) is 88.0 Å². The van der Waals surface area contributed by atoms with Crippen molar-refractivity contribution in [2.75, 3.05) is 0 Å². The van der Waals surface area contributed by atoms with Gasteiger partial charge in [-0.05, 0) is 89.0 Å². The second-order valence-electron chi connectivity index (χ2n) is 6.39. The number of hydrogen-bond acceptors (Lipinski definition) is 3. The fourth-order valence-electron chi connectivity index (χ4n) is 3.46. The van der Waals surface area contributed by atoms with Crippen molar-refractivity contribution >= 4 is 37.9 Å². The molecule has 0 aliphatic heterocycles. The first kappa shape index (κ1) is 16.2. The summed E-state index contributed by atoms with van der Waals surface area (Å²) in [4.78, 5) is 3.05. The molecule has 0 saturated heterocycles. The Balaban J connectivity index is 1.95. The van der Waals surface area contributed by atoms with Gasteiger partial charge in [0, 0.05) is 14.7 Å². The van der Waals surface area contributed by atoms with E-state index >= 15 is 0 Å². The zero-order valence-corrected chi connectivity index (χ0v) is 15.8. The molecular formula is C21H18S3. The van der Waals surface area contributed by atoms with E-state index < -0.39 is 0 Å². The molecule has 3 heteroatoms. The van der Waals surface area contributed by atoms with Gasteiger partial charge in [0.15, 0.2) is 0 Å². The maximum Gasteiger partial charge on any atom is 0.00430 e. The Bertz CT molecular complexity index is 806. The van der Waals surface area contributed by atoms with Crippen LogP contribution in [0.5, 0.6) is 0 Å². The molecule has 0 N–H and O–H groups in total. The van der Waals surface area contributed by atoms with Crippen LogP contribution >= 0.6 is 37.9 Å². The molecule has 120 valence electrons. The third kappa shape index (κ3) is 3.26. The predicted molar refractivity (Wildman–Crippen MR) is 110 cm³/mol. The van der Waals surface area contributed by atoms with E-state index in [2.05, 4.69) is 92.5 Å². The second kappa shape index (κ2) is 6.55. The summed E-state index contributed by atoms with van der Waals surface area (Å²) in [6, 6.07) is 19.5. The highest BCUT2D eigenvalue weighted by atomic mass is 32.1. The van der Waals surface area contributed by atoms with Gasteiger partial charge in [-0.2, -0.15) is 0 Å². The molecule has 0 saturated carbocycles. The fourth-order valence-corrected chi connectivity index (χ4v) is 4.15. The number of thiol groups is 3. The molecule has 0 unspecified atom stereocenters. The van der Waals surface area contributed by atoms with Crippen molar-refractivity contribution in [2.45, 2.75) is 33.9 Å². The summed E-state index contributed by atoms with van der Waals surface area (Å²) >= 11 is 13.6. The highest BCUT2D eigenvalue weighted by molar-refractivity contribution is 7.80. The summed E-state index contributed by atoms with van der Waals surface area (Å²) in [5.41, 5.74) is 8.18. The Labute approximate surface area is 159 Å². The Morgan fingerprint density at radius 2 is 0.708 bits per heavy atom. The summed E-state index contributed by atoms with van der Waals surface area (Å²) in [7, 11) is 0. The Hall–Kier alpha value is -1.29. The summed E-state index contributed by atoms with van der Waals surface area (Å²) in [6.45, 7) is 0. The third-order valence-electron chi connectivity index (χ3n) is 4.71. The number of hydrogen-bond donors (Lipinski definition) is 3. The molecule has 0 fully saturated rings. The van der Waals surface area contributed by atoms with Crippen molar-refractivity contribution in [3.63, 3.8) is 0 Å². The quantitative estimate of drug-likeness (QED) is 0.330. The van der Waals surface area contributed by atoms with Crippen LogP contribution in [-0.2, 0) is 19.3 Å². The van der Waals surface area contributed by atoms with Gasteiger partial charge in [0.1, 0.15) is 0 Å². The van der Waals surface area contributed by atoms with E-state index in [9.17, 15) is 0 Å². The summed E-state index contributed by atoms with van der Waals surface area (Å²) in [5.74, 6) is 0. The average Bonchev–Trinajstić information content (AvgIpc) is 2.60. The molecule has 0 heterocycles. The van der Waals surface area contributed by atoms with E-state index in [-0.39, 0.29) is 0 Å². The van der Waals surface area contributed by atoms with Gasteiger partial charge < -0.3 is 0 Å². The zero-order valence-electron chi connectivity index (χ0n) is 13.2. The molecule has 1 aliphatic rings. The maximum atomic E-state index is 4.54. The van der Waals surface area contributed by atoms with Crippen LogP contribution in [0, 0.1) is 0 Å². The highest BCUT2D eigenvalue weighted by Gasteiger charge is 2.15. The van der Waals surface area contributed by atoms with Gasteiger partial charge in [-0.15, -0.1) is 37.9 Å². The smallest absolute Gasteiger partial charge is 0.00430 e. The van der Waals surface area contributed by atoms with Gasteiger partial charge in [0.2, 0.25) is 0 Å². The highest BCUT2D eigenvalue weighted by Crippen LogP contribution is 2.30. The van der Waals surface area contributed by atoms with E-state index in [1.54, 1.807) is 0 Å². The summed E-state index contributed by atoms with van der Waals surface area (Å²) in [6.07, 6.45) is 2.82. The van der Waals surface area contributed by atoms with Crippen LogP contribution in [0.1, 0.15) is 33.4 Å². The molecular weight excluding hydrogens is 348 g/mol. The standard InChI is InChI=1S/C21H18S3/c22-19-4-1-13-7-17-11-20(23)6-3-15(17)9-18-12-21(24)5-2-14(18)8-16(13)10-19/h1-6,10-12,22-24H,7-9H2. The van der Waals surface area contributed by atoms with Crippen molar-refractivity contribution in [3.8, 4) is 0 Å². The van der Waals surface area contributed by atoms with Gasteiger partial charge in [-0.1, -0.05) is 18.2 Å². The van der Waals surface area contributed by atoms with E-state index in [1.807, 2.05) is 0 Å². The number of fused-ring (bicyclic) bond motifs is 3. The molecule has 0 aromatic heterocycles. The molecule has 3 aromatic carbocycles. The largest absolute Gasteiger partial charge is 0.143 e. The molecule has 24 heavy (non-hydrogen) atoms. The van der Waals surface area contributed by atoms with Gasteiger partial charge in [-0.25, -0.2) is 0 Å². The Morgan fingerprint density at radius 3 is 1.00 bits per heavy atom. The molecule has 3 aromatic rings. The third-order valence-corrected chi connectivity index (χ3v) is 5.55. The van der Waals surface area contributed by atoms with Crippen molar-refractivity contribution in [1.29, 1.82) is 0 Å². The molecule has 0 atom stereocenters. The topological polar surface area (TPSA) is 0 Å². The average molecular weight is 367 g/mol. The monoisotopic (exact) mass is 366 g/mol. The number of benzene rings is 3. The van der Waals surface area contributed by atoms with Crippen LogP contribution in [0.3, 0.4) is 0 Å². The van der Waals surface area contributed by atoms with Gasteiger partial charge in [-0.3, -0.25) is 0 Å². The van der Waals surface area contributed by atoms with Gasteiger partial charge >= 0.3 is 0 Å². The van der Waals surface area contributed by atoms with E-state index in [0.29, 0.717) is 0 Å². The first-order valence-electron chi connectivity index (χ1n) is 8.01. The fraction of sp³-hybridized carbons (Fsp3) is 0.143.